The van der Waals surface area contributed by atoms with Gasteiger partial charge in [0.25, 0.3) is 0 Å². The standard InChI is InChI=1S/C8H16N2O3/c1-12-8(13-2)5-9-6-3-7(11)10-4-6/h6,8-9H,3-5H2,1-2H3,(H,10,11). The fourth-order valence-electron chi connectivity index (χ4n) is 1.28. The minimum absolute atomic E-state index is 0.101. The van der Waals surface area contributed by atoms with Crippen LogP contribution in [0.25, 0.3) is 0 Å². The lowest BCUT2D eigenvalue weighted by Gasteiger charge is -2.16. The summed E-state index contributed by atoms with van der Waals surface area (Å²) in [7, 11) is 3.18. The SMILES string of the molecule is COC(CNC1CNC(=O)C1)OC. The Kier molecular flexibility index (Phi) is 4.14. The number of hydrogen-bond donors (Lipinski definition) is 2. The second kappa shape index (κ2) is 5.16. The van der Waals surface area contributed by atoms with E-state index in [9.17, 15) is 4.79 Å². The third kappa shape index (κ3) is 3.30. The van der Waals surface area contributed by atoms with Gasteiger partial charge >= 0.3 is 0 Å². The van der Waals surface area contributed by atoms with Crippen molar-refractivity contribution in [3.63, 3.8) is 0 Å². The molecular weight excluding hydrogens is 172 g/mol. The number of hydrogen-bond acceptors (Lipinski definition) is 4. The van der Waals surface area contributed by atoms with Crippen LogP contribution in [0.1, 0.15) is 6.42 Å². The predicted octanol–water partition coefficient (Wildman–Crippen LogP) is -0.917. The number of nitrogens with one attached hydrogen (secondary N) is 2. The minimum atomic E-state index is -0.240. The molecule has 1 unspecified atom stereocenters. The van der Waals surface area contributed by atoms with E-state index in [2.05, 4.69) is 10.6 Å². The van der Waals surface area contributed by atoms with E-state index in [4.69, 9.17) is 9.47 Å². The third-order valence-electron chi connectivity index (χ3n) is 2.08. The van der Waals surface area contributed by atoms with Crippen LogP contribution in [0.2, 0.25) is 0 Å². The quantitative estimate of drug-likeness (QED) is 0.548. The predicted molar refractivity (Wildman–Crippen MR) is 47.2 cm³/mol. The highest BCUT2D eigenvalue weighted by Gasteiger charge is 2.21. The third-order valence-corrected chi connectivity index (χ3v) is 2.08. The Morgan fingerprint density at radius 1 is 1.62 bits per heavy atom. The van der Waals surface area contributed by atoms with Gasteiger partial charge in [-0.1, -0.05) is 0 Å². The molecule has 1 amide bonds. The molecule has 1 rings (SSSR count). The van der Waals surface area contributed by atoms with Gasteiger partial charge in [0.05, 0.1) is 0 Å². The van der Waals surface area contributed by atoms with Crippen LogP contribution in [0.4, 0.5) is 0 Å². The summed E-state index contributed by atoms with van der Waals surface area (Å²) in [6, 6.07) is 0.209. The largest absolute Gasteiger partial charge is 0.355 e. The van der Waals surface area contributed by atoms with Crippen molar-refractivity contribution in [2.24, 2.45) is 0 Å². The van der Waals surface area contributed by atoms with Gasteiger partial charge in [-0.05, 0) is 0 Å². The lowest BCUT2D eigenvalue weighted by molar-refractivity contribution is -0.119. The maximum absolute atomic E-state index is 10.8. The lowest BCUT2D eigenvalue weighted by atomic mass is 10.2. The molecule has 5 nitrogen and oxygen atoms in total. The van der Waals surface area contributed by atoms with Crippen molar-refractivity contribution >= 4 is 5.91 Å². The van der Waals surface area contributed by atoms with Crippen LogP contribution in [0.5, 0.6) is 0 Å². The Bertz CT molecular complexity index is 171. The van der Waals surface area contributed by atoms with Gasteiger partial charge in [0, 0.05) is 39.8 Å². The Labute approximate surface area is 77.8 Å². The van der Waals surface area contributed by atoms with Crippen LogP contribution in [-0.2, 0) is 14.3 Å². The number of carbonyl (C=O) groups is 1. The van der Waals surface area contributed by atoms with Crippen LogP contribution in [-0.4, -0.2) is 45.5 Å². The molecule has 13 heavy (non-hydrogen) atoms. The molecular formula is C8H16N2O3. The van der Waals surface area contributed by atoms with E-state index in [1.807, 2.05) is 0 Å². The topological polar surface area (TPSA) is 59.6 Å². The molecule has 1 fully saturated rings. The number of methoxy groups -OCH3 is 2. The second-order valence-electron chi connectivity index (χ2n) is 3.01. The maximum Gasteiger partial charge on any atom is 0.221 e. The van der Waals surface area contributed by atoms with Crippen molar-refractivity contribution in [2.45, 2.75) is 18.8 Å². The molecule has 0 radical (unpaired) electrons. The highest BCUT2D eigenvalue weighted by Crippen LogP contribution is 1.99. The Balaban J connectivity index is 2.14. The molecule has 2 N–H and O–H groups in total. The van der Waals surface area contributed by atoms with E-state index >= 15 is 0 Å². The summed E-state index contributed by atoms with van der Waals surface area (Å²) in [5.74, 6) is 0.101. The van der Waals surface area contributed by atoms with Gasteiger partial charge in [0.15, 0.2) is 6.29 Å². The van der Waals surface area contributed by atoms with Gasteiger partial charge in [0.2, 0.25) is 5.91 Å². The van der Waals surface area contributed by atoms with E-state index in [-0.39, 0.29) is 18.2 Å². The average Bonchev–Trinajstić information content (AvgIpc) is 2.53. The van der Waals surface area contributed by atoms with Crippen LogP contribution >= 0.6 is 0 Å². The zero-order chi connectivity index (χ0) is 9.68. The molecule has 0 aliphatic carbocycles. The second-order valence-corrected chi connectivity index (χ2v) is 3.01. The normalized spacial score (nSPS) is 22.4. The molecule has 0 bridgehead atoms. The van der Waals surface area contributed by atoms with Crippen LogP contribution in [0.15, 0.2) is 0 Å². The fraction of sp³-hybridized carbons (Fsp3) is 0.875. The summed E-state index contributed by atoms with van der Waals surface area (Å²) in [5.41, 5.74) is 0. The zero-order valence-corrected chi connectivity index (χ0v) is 8.00. The number of amides is 1. The highest BCUT2D eigenvalue weighted by atomic mass is 16.7. The fourth-order valence-corrected chi connectivity index (χ4v) is 1.28. The molecule has 0 saturated carbocycles. The van der Waals surface area contributed by atoms with Crippen molar-refractivity contribution < 1.29 is 14.3 Å². The van der Waals surface area contributed by atoms with Crippen molar-refractivity contribution in [1.82, 2.24) is 10.6 Å². The van der Waals surface area contributed by atoms with Crippen molar-refractivity contribution in [2.75, 3.05) is 27.3 Å². The van der Waals surface area contributed by atoms with E-state index in [0.717, 1.165) is 0 Å². The van der Waals surface area contributed by atoms with E-state index in [1.54, 1.807) is 14.2 Å². The van der Waals surface area contributed by atoms with Crippen LogP contribution < -0.4 is 10.6 Å². The van der Waals surface area contributed by atoms with Gasteiger partial charge in [-0.15, -0.1) is 0 Å². The molecule has 1 saturated heterocycles. The summed E-state index contributed by atoms with van der Waals surface area (Å²) in [4.78, 5) is 10.8. The maximum atomic E-state index is 10.8. The first-order chi connectivity index (χ1) is 6.26. The lowest BCUT2D eigenvalue weighted by Crippen LogP contribution is -2.38. The summed E-state index contributed by atoms with van der Waals surface area (Å²) < 4.78 is 9.99. The average molecular weight is 188 g/mol. The van der Waals surface area contributed by atoms with Gasteiger partial charge in [-0.2, -0.15) is 0 Å². The zero-order valence-electron chi connectivity index (χ0n) is 8.00. The molecule has 5 heteroatoms. The molecule has 0 aromatic rings. The molecule has 0 spiro atoms. The molecule has 0 aromatic carbocycles. The van der Waals surface area contributed by atoms with Gasteiger partial charge in [-0.25, -0.2) is 0 Å². The Hall–Kier alpha value is -0.650. The monoisotopic (exact) mass is 188 g/mol. The van der Waals surface area contributed by atoms with Crippen molar-refractivity contribution in [3.05, 3.63) is 0 Å². The molecule has 1 heterocycles. The summed E-state index contributed by atoms with van der Waals surface area (Å²) in [5, 5.41) is 5.93. The first-order valence-corrected chi connectivity index (χ1v) is 4.32. The molecule has 1 atom stereocenters. The van der Waals surface area contributed by atoms with E-state index in [0.29, 0.717) is 19.5 Å². The summed E-state index contributed by atoms with van der Waals surface area (Å²) >= 11 is 0. The Morgan fingerprint density at radius 3 is 2.77 bits per heavy atom. The van der Waals surface area contributed by atoms with Crippen molar-refractivity contribution in [1.29, 1.82) is 0 Å². The van der Waals surface area contributed by atoms with Gasteiger partial charge < -0.3 is 20.1 Å². The Morgan fingerprint density at radius 2 is 2.31 bits per heavy atom. The first-order valence-electron chi connectivity index (χ1n) is 4.32. The van der Waals surface area contributed by atoms with E-state index < -0.39 is 0 Å². The minimum Gasteiger partial charge on any atom is -0.355 e. The highest BCUT2D eigenvalue weighted by molar-refractivity contribution is 5.78. The van der Waals surface area contributed by atoms with E-state index in [1.165, 1.54) is 0 Å². The molecule has 76 valence electrons. The van der Waals surface area contributed by atoms with Crippen LogP contribution in [0.3, 0.4) is 0 Å². The number of rotatable bonds is 5. The van der Waals surface area contributed by atoms with Crippen LogP contribution in [0, 0.1) is 0 Å². The van der Waals surface area contributed by atoms with Gasteiger partial charge in [-0.3, -0.25) is 4.79 Å². The summed E-state index contributed by atoms with van der Waals surface area (Å²) in [6.45, 7) is 1.30. The van der Waals surface area contributed by atoms with Gasteiger partial charge in [0.1, 0.15) is 0 Å². The smallest absolute Gasteiger partial charge is 0.221 e. The first kappa shape index (κ1) is 10.4. The number of ether oxygens (including phenoxy) is 2. The summed E-state index contributed by atoms with van der Waals surface area (Å²) in [6.07, 6.45) is 0.302. The van der Waals surface area contributed by atoms with Crippen molar-refractivity contribution in [3.8, 4) is 0 Å². The number of carbonyl (C=O) groups excluding carboxylic acids is 1. The molecule has 0 aromatic heterocycles. The molecule has 1 aliphatic heterocycles. The molecule has 1 aliphatic rings.